The van der Waals surface area contributed by atoms with Gasteiger partial charge in [-0.25, -0.2) is 8.42 Å². The molecule has 0 atom stereocenters. The Morgan fingerprint density at radius 1 is 0.923 bits per heavy atom. The number of esters is 1. The molecule has 0 radical (unpaired) electrons. The molecule has 0 unspecified atom stereocenters. The van der Waals surface area contributed by atoms with E-state index in [-0.39, 0.29) is 23.7 Å². The van der Waals surface area contributed by atoms with E-state index in [4.69, 9.17) is 16.3 Å². The number of fused-ring (bicyclic) bond motifs is 1. The van der Waals surface area contributed by atoms with Gasteiger partial charge in [-0.05, 0) is 40.6 Å². The van der Waals surface area contributed by atoms with Crippen LogP contribution in [0.2, 0.25) is 5.02 Å². The Morgan fingerprint density at radius 3 is 2.38 bits per heavy atom. The van der Waals surface area contributed by atoms with Crippen molar-refractivity contribution in [1.29, 1.82) is 0 Å². The van der Waals surface area contributed by atoms with E-state index in [9.17, 15) is 13.2 Å². The van der Waals surface area contributed by atoms with Crippen LogP contribution in [0.5, 0.6) is 0 Å². The second kappa shape index (κ2) is 7.89. The fraction of sp³-hybridized carbons (Fsp3) is 0.150. The van der Waals surface area contributed by atoms with E-state index in [1.165, 1.54) is 24.3 Å². The van der Waals surface area contributed by atoms with Crippen LogP contribution in [-0.2, 0) is 26.0 Å². The molecule has 0 N–H and O–H groups in total. The Morgan fingerprint density at radius 2 is 1.62 bits per heavy atom. The van der Waals surface area contributed by atoms with Gasteiger partial charge in [-0.3, -0.25) is 4.79 Å². The highest BCUT2D eigenvalue weighted by atomic mass is 35.5. The zero-order valence-electron chi connectivity index (χ0n) is 13.9. The van der Waals surface area contributed by atoms with Crippen molar-refractivity contribution in [2.45, 2.75) is 17.9 Å². The fourth-order valence-corrected chi connectivity index (χ4v) is 3.97. The van der Waals surface area contributed by atoms with E-state index in [0.29, 0.717) is 5.02 Å². The van der Waals surface area contributed by atoms with Gasteiger partial charge in [0.05, 0.1) is 17.1 Å². The van der Waals surface area contributed by atoms with Gasteiger partial charge in [0.1, 0.15) is 6.61 Å². The number of ether oxygens (including phenoxy) is 1. The van der Waals surface area contributed by atoms with Crippen LogP contribution >= 0.6 is 11.6 Å². The van der Waals surface area contributed by atoms with Gasteiger partial charge in [-0.15, -0.1) is 0 Å². The van der Waals surface area contributed by atoms with E-state index >= 15 is 0 Å². The normalized spacial score (nSPS) is 11.4. The zero-order valence-corrected chi connectivity index (χ0v) is 15.5. The first kappa shape index (κ1) is 18.4. The third-order valence-corrected chi connectivity index (χ3v) is 6.00. The molecule has 3 aromatic rings. The van der Waals surface area contributed by atoms with Gasteiger partial charge in [0.25, 0.3) is 0 Å². The number of benzene rings is 3. The lowest BCUT2D eigenvalue weighted by Crippen LogP contribution is -2.13. The van der Waals surface area contributed by atoms with Crippen LogP contribution in [0.15, 0.2) is 71.6 Å². The highest BCUT2D eigenvalue weighted by Gasteiger charge is 2.17. The van der Waals surface area contributed by atoms with Crippen molar-refractivity contribution < 1.29 is 17.9 Å². The monoisotopic (exact) mass is 388 g/mol. The smallest absolute Gasteiger partial charge is 0.307 e. The molecule has 3 rings (SSSR count). The molecule has 26 heavy (non-hydrogen) atoms. The van der Waals surface area contributed by atoms with Crippen LogP contribution in [-0.4, -0.2) is 20.1 Å². The molecule has 4 nitrogen and oxygen atoms in total. The Balaban J connectivity index is 1.60. The predicted octanol–water partition coefficient (Wildman–Crippen LogP) is 4.40. The maximum absolute atomic E-state index is 12.2. The molecule has 0 saturated carbocycles. The molecule has 0 aromatic heterocycles. The van der Waals surface area contributed by atoms with Crippen LogP contribution < -0.4 is 0 Å². The van der Waals surface area contributed by atoms with Gasteiger partial charge < -0.3 is 4.74 Å². The number of sulfone groups is 1. The number of rotatable bonds is 6. The minimum atomic E-state index is -3.55. The van der Waals surface area contributed by atoms with Gasteiger partial charge in [0, 0.05) is 5.02 Å². The predicted molar refractivity (Wildman–Crippen MR) is 102 cm³/mol. The van der Waals surface area contributed by atoms with E-state index in [2.05, 4.69) is 0 Å². The second-order valence-electron chi connectivity index (χ2n) is 5.82. The van der Waals surface area contributed by atoms with Crippen molar-refractivity contribution in [2.24, 2.45) is 0 Å². The fourth-order valence-electron chi connectivity index (χ4n) is 2.63. The standard InChI is InChI=1S/C20H17ClO4S/c21-17-8-10-18(11-9-17)26(23,24)13-12-20(22)25-14-16-6-3-5-15-4-1-2-7-19(15)16/h1-11H,12-14H2. The summed E-state index contributed by atoms with van der Waals surface area (Å²) in [6, 6.07) is 19.5. The summed E-state index contributed by atoms with van der Waals surface area (Å²) in [7, 11) is -3.55. The molecule has 0 aliphatic carbocycles. The Hall–Kier alpha value is -2.37. The summed E-state index contributed by atoms with van der Waals surface area (Å²) in [4.78, 5) is 12.1. The number of halogens is 1. The first-order valence-electron chi connectivity index (χ1n) is 8.06. The number of carbonyl (C=O) groups is 1. The minimum absolute atomic E-state index is 0.112. The van der Waals surface area contributed by atoms with Crippen LogP contribution in [0, 0.1) is 0 Å². The number of hydrogen-bond donors (Lipinski definition) is 0. The second-order valence-corrected chi connectivity index (χ2v) is 8.37. The van der Waals surface area contributed by atoms with Crippen molar-refractivity contribution in [3.05, 3.63) is 77.3 Å². The first-order chi connectivity index (χ1) is 12.5. The number of carbonyl (C=O) groups excluding carboxylic acids is 1. The van der Waals surface area contributed by atoms with Crippen molar-refractivity contribution in [3.63, 3.8) is 0 Å². The Bertz CT molecular complexity index is 1020. The summed E-state index contributed by atoms with van der Waals surface area (Å²) in [6.07, 6.45) is -0.199. The molecular formula is C20H17ClO4S. The maximum atomic E-state index is 12.2. The topological polar surface area (TPSA) is 60.4 Å². The van der Waals surface area contributed by atoms with Gasteiger partial charge in [0.15, 0.2) is 9.84 Å². The summed E-state index contributed by atoms with van der Waals surface area (Å²) < 4.78 is 29.8. The molecule has 6 heteroatoms. The quantitative estimate of drug-likeness (QED) is 0.587. The van der Waals surface area contributed by atoms with Crippen LogP contribution in [0.4, 0.5) is 0 Å². The Kier molecular flexibility index (Phi) is 5.59. The molecule has 0 bridgehead atoms. The van der Waals surface area contributed by atoms with Crippen molar-refractivity contribution >= 4 is 38.2 Å². The third-order valence-electron chi connectivity index (χ3n) is 4.02. The number of hydrogen-bond acceptors (Lipinski definition) is 4. The Labute approximate surface area is 157 Å². The van der Waals surface area contributed by atoms with E-state index < -0.39 is 15.8 Å². The molecule has 0 aliphatic heterocycles. The van der Waals surface area contributed by atoms with Crippen molar-refractivity contribution in [2.75, 3.05) is 5.75 Å². The van der Waals surface area contributed by atoms with Crippen molar-refractivity contribution in [3.8, 4) is 0 Å². The van der Waals surface area contributed by atoms with Gasteiger partial charge in [-0.1, -0.05) is 54.1 Å². The lowest BCUT2D eigenvalue weighted by Gasteiger charge is -2.08. The average molecular weight is 389 g/mol. The molecule has 0 aliphatic rings. The van der Waals surface area contributed by atoms with Crippen molar-refractivity contribution in [1.82, 2.24) is 0 Å². The third kappa shape index (κ3) is 4.42. The minimum Gasteiger partial charge on any atom is -0.461 e. The average Bonchev–Trinajstić information content (AvgIpc) is 2.65. The van der Waals surface area contributed by atoms with Gasteiger partial charge >= 0.3 is 5.97 Å². The van der Waals surface area contributed by atoms with Crippen LogP contribution in [0.1, 0.15) is 12.0 Å². The maximum Gasteiger partial charge on any atom is 0.307 e. The summed E-state index contributed by atoms with van der Waals surface area (Å²) in [5.74, 6) is -0.848. The lowest BCUT2D eigenvalue weighted by atomic mass is 10.1. The van der Waals surface area contributed by atoms with Crippen LogP contribution in [0.3, 0.4) is 0 Å². The molecule has 0 heterocycles. The molecule has 0 saturated heterocycles. The summed E-state index contributed by atoms with van der Waals surface area (Å²) in [5, 5.41) is 2.53. The highest BCUT2D eigenvalue weighted by Crippen LogP contribution is 2.20. The van der Waals surface area contributed by atoms with E-state index in [1.807, 2.05) is 42.5 Å². The lowest BCUT2D eigenvalue weighted by molar-refractivity contribution is -0.144. The van der Waals surface area contributed by atoms with E-state index in [0.717, 1.165) is 16.3 Å². The molecule has 0 fully saturated rings. The molecule has 3 aromatic carbocycles. The zero-order chi connectivity index (χ0) is 18.6. The largest absolute Gasteiger partial charge is 0.461 e. The molecular weight excluding hydrogens is 372 g/mol. The highest BCUT2D eigenvalue weighted by molar-refractivity contribution is 7.91. The first-order valence-corrected chi connectivity index (χ1v) is 10.1. The molecule has 134 valence electrons. The molecule has 0 amide bonds. The van der Waals surface area contributed by atoms with Crippen LogP contribution in [0.25, 0.3) is 10.8 Å². The molecule has 0 spiro atoms. The SMILES string of the molecule is O=C(CCS(=O)(=O)c1ccc(Cl)cc1)OCc1cccc2ccccc12. The van der Waals surface area contributed by atoms with Gasteiger partial charge in [-0.2, -0.15) is 0 Å². The summed E-state index contributed by atoms with van der Waals surface area (Å²) in [5.41, 5.74) is 0.886. The summed E-state index contributed by atoms with van der Waals surface area (Å²) in [6.45, 7) is 0.112. The van der Waals surface area contributed by atoms with Gasteiger partial charge in [0.2, 0.25) is 0 Å². The summed E-state index contributed by atoms with van der Waals surface area (Å²) >= 11 is 5.76. The van der Waals surface area contributed by atoms with E-state index in [1.54, 1.807) is 0 Å².